The SMILES string of the molecule is CC(CC(=O)c1ccc(-c2ccc(F)cc2F)cc1)C(=O)N1CCOCC1. The zero-order chi connectivity index (χ0) is 19.4. The fourth-order valence-electron chi connectivity index (χ4n) is 3.14. The molecule has 0 N–H and O–H groups in total. The van der Waals surface area contributed by atoms with Crippen LogP contribution in [0.1, 0.15) is 23.7 Å². The first kappa shape index (κ1) is 19.2. The van der Waals surface area contributed by atoms with Crippen molar-refractivity contribution in [3.8, 4) is 11.1 Å². The second kappa shape index (κ2) is 8.39. The van der Waals surface area contributed by atoms with Crippen LogP contribution in [0.3, 0.4) is 0 Å². The van der Waals surface area contributed by atoms with Crippen molar-refractivity contribution >= 4 is 11.7 Å². The molecule has 1 unspecified atom stereocenters. The van der Waals surface area contributed by atoms with Gasteiger partial charge in [-0.2, -0.15) is 0 Å². The van der Waals surface area contributed by atoms with Gasteiger partial charge in [0.25, 0.3) is 0 Å². The number of halogens is 2. The molecule has 1 fully saturated rings. The van der Waals surface area contributed by atoms with Gasteiger partial charge in [-0.15, -0.1) is 0 Å². The van der Waals surface area contributed by atoms with Gasteiger partial charge in [0.2, 0.25) is 5.91 Å². The summed E-state index contributed by atoms with van der Waals surface area (Å²) in [5, 5.41) is 0. The Bertz CT molecular complexity index is 830. The molecule has 1 aliphatic heterocycles. The largest absolute Gasteiger partial charge is 0.378 e. The highest BCUT2D eigenvalue weighted by Gasteiger charge is 2.24. The van der Waals surface area contributed by atoms with Gasteiger partial charge >= 0.3 is 0 Å². The normalized spacial score (nSPS) is 15.4. The molecule has 0 aliphatic carbocycles. The summed E-state index contributed by atoms with van der Waals surface area (Å²) in [6.07, 6.45) is 0.112. The van der Waals surface area contributed by atoms with Crippen molar-refractivity contribution in [2.45, 2.75) is 13.3 Å². The molecule has 1 amide bonds. The Morgan fingerprint density at radius 3 is 2.37 bits per heavy atom. The van der Waals surface area contributed by atoms with Gasteiger partial charge in [-0.25, -0.2) is 8.78 Å². The number of nitrogens with zero attached hydrogens (tertiary/aromatic N) is 1. The number of ether oxygens (including phenoxy) is 1. The molecule has 1 saturated heterocycles. The van der Waals surface area contributed by atoms with Crippen LogP contribution >= 0.6 is 0 Å². The molecular formula is C21H21F2NO3. The maximum absolute atomic E-state index is 13.9. The molecule has 4 nitrogen and oxygen atoms in total. The highest BCUT2D eigenvalue weighted by molar-refractivity contribution is 5.98. The molecule has 0 saturated carbocycles. The molecular weight excluding hydrogens is 352 g/mol. The van der Waals surface area contributed by atoms with Crippen LogP contribution in [0, 0.1) is 17.6 Å². The summed E-state index contributed by atoms with van der Waals surface area (Å²) in [5.74, 6) is -1.89. The second-order valence-electron chi connectivity index (χ2n) is 6.67. The minimum absolute atomic E-state index is 0.0448. The van der Waals surface area contributed by atoms with E-state index in [1.54, 1.807) is 36.1 Å². The molecule has 2 aromatic carbocycles. The number of ketones is 1. The van der Waals surface area contributed by atoms with Gasteiger partial charge in [-0.05, 0) is 17.7 Å². The Morgan fingerprint density at radius 1 is 1.07 bits per heavy atom. The average Bonchev–Trinajstić information content (AvgIpc) is 2.68. The average molecular weight is 373 g/mol. The Hall–Kier alpha value is -2.60. The maximum Gasteiger partial charge on any atom is 0.226 e. The van der Waals surface area contributed by atoms with E-state index in [1.807, 2.05) is 0 Å². The molecule has 0 spiro atoms. The fourth-order valence-corrected chi connectivity index (χ4v) is 3.14. The minimum atomic E-state index is -0.654. The van der Waals surface area contributed by atoms with E-state index in [0.717, 1.165) is 6.07 Å². The van der Waals surface area contributed by atoms with Crippen molar-refractivity contribution < 1.29 is 23.1 Å². The van der Waals surface area contributed by atoms with Crippen molar-refractivity contribution in [2.24, 2.45) is 5.92 Å². The second-order valence-corrected chi connectivity index (χ2v) is 6.67. The van der Waals surface area contributed by atoms with Gasteiger partial charge in [0.05, 0.1) is 13.2 Å². The van der Waals surface area contributed by atoms with E-state index in [4.69, 9.17) is 4.74 Å². The van der Waals surface area contributed by atoms with Crippen molar-refractivity contribution in [2.75, 3.05) is 26.3 Å². The van der Waals surface area contributed by atoms with Gasteiger partial charge in [0.15, 0.2) is 5.78 Å². The lowest BCUT2D eigenvalue weighted by Gasteiger charge is -2.29. The number of rotatable bonds is 5. The summed E-state index contributed by atoms with van der Waals surface area (Å²) in [7, 11) is 0. The molecule has 142 valence electrons. The zero-order valence-corrected chi connectivity index (χ0v) is 15.1. The third-order valence-corrected chi connectivity index (χ3v) is 4.68. The van der Waals surface area contributed by atoms with Gasteiger partial charge in [-0.3, -0.25) is 9.59 Å². The van der Waals surface area contributed by atoms with Crippen molar-refractivity contribution in [1.82, 2.24) is 4.90 Å². The standard InChI is InChI=1S/C21H21F2NO3/c1-14(21(26)24-8-10-27-11-9-24)12-20(25)16-4-2-15(3-5-16)18-7-6-17(22)13-19(18)23/h2-7,13-14H,8-12H2,1H3. The number of carbonyl (C=O) groups is 2. The number of hydrogen-bond donors (Lipinski definition) is 0. The predicted molar refractivity (Wildman–Crippen MR) is 97.3 cm³/mol. The van der Waals surface area contributed by atoms with E-state index in [0.29, 0.717) is 37.4 Å². The van der Waals surface area contributed by atoms with E-state index in [2.05, 4.69) is 0 Å². The summed E-state index contributed by atoms with van der Waals surface area (Å²) in [6, 6.07) is 9.84. The third kappa shape index (κ3) is 4.57. The summed E-state index contributed by atoms with van der Waals surface area (Å²) in [6.45, 7) is 3.89. The van der Waals surface area contributed by atoms with E-state index < -0.39 is 17.6 Å². The van der Waals surface area contributed by atoms with E-state index >= 15 is 0 Å². The predicted octanol–water partition coefficient (Wildman–Crippen LogP) is 3.70. The number of morpholine rings is 1. The third-order valence-electron chi connectivity index (χ3n) is 4.68. The zero-order valence-electron chi connectivity index (χ0n) is 15.1. The number of Topliss-reactive ketones (excluding diaryl/α,β-unsaturated/α-hetero) is 1. The van der Waals surface area contributed by atoms with Gasteiger partial charge in [0.1, 0.15) is 11.6 Å². The summed E-state index contributed by atoms with van der Waals surface area (Å²) in [4.78, 5) is 26.6. The van der Waals surface area contributed by atoms with Crippen LogP contribution in [0.5, 0.6) is 0 Å². The van der Waals surface area contributed by atoms with E-state index in [9.17, 15) is 18.4 Å². The minimum Gasteiger partial charge on any atom is -0.378 e. The number of amides is 1. The van der Waals surface area contributed by atoms with Crippen LogP contribution in [0.2, 0.25) is 0 Å². The highest BCUT2D eigenvalue weighted by Crippen LogP contribution is 2.24. The number of benzene rings is 2. The van der Waals surface area contributed by atoms with Crippen LogP contribution < -0.4 is 0 Å². The first-order valence-electron chi connectivity index (χ1n) is 8.91. The fraction of sp³-hybridized carbons (Fsp3) is 0.333. The van der Waals surface area contributed by atoms with Crippen LogP contribution in [0.25, 0.3) is 11.1 Å². The smallest absolute Gasteiger partial charge is 0.226 e. The van der Waals surface area contributed by atoms with Gasteiger partial charge < -0.3 is 9.64 Å². The summed E-state index contributed by atoms with van der Waals surface area (Å²) in [5.41, 5.74) is 1.29. The van der Waals surface area contributed by atoms with Crippen LogP contribution in [-0.2, 0) is 9.53 Å². The van der Waals surface area contributed by atoms with Crippen molar-refractivity contribution in [3.63, 3.8) is 0 Å². The molecule has 1 aliphatic rings. The van der Waals surface area contributed by atoms with Gasteiger partial charge in [-0.1, -0.05) is 31.2 Å². The van der Waals surface area contributed by atoms with E-state index in [1.165, 1.54) is 12.1 Å². The Labute approximate surface area is 156 Å². The highest BCUT2D eigenvalue weighted by atomic mass is 19.1. The molecule has 27 heavy (non-hydrogen) atoms. The molecule has 0 aromatic heterocycles. The Morgan fingerprint density at radius 2 is 1.74 bits per heavy atom. The Balaban J connectivity index is 1.65. The lowest BCUT2D eigenvalue weighted by molar-refractivity contribution is -0.139. The van der Waals surface area contributed by atoms with Crippen LogP contribution in [-0.4, -0.2) is 42.9 Å². The quantitative estimate of drug-likeness (QED) is 0.751. The summed E-state index contributed by atoms with van der Waals surface area (Å²) >= 11 is 0. The van der Waals surface area contributed by atoms with Crippen LogP contribution in [0.4, 0.5) is 8.78 Å². The van der Waals surface area contributed by atoms with Crippen molar-refractivity contribution in [3.05, 3.63) is 59.7 Å². The molecule has 0 bridgehead atoms. The number of carbonyl (C=O) groups excluding carboxylic acids is 2. The first-order valence-corrected chi connectivity index (χ1v) is 8.91. The van der Waals surface area contributed by atoms with Crippen LogP contribution in [0.15, 0.2) is 42.5 Å². The summed E-state index contributed by atoms with van der Waals surface area (Å²) < 4.78 is 32.1. The molecule has 1 heterocycles. The molecule has 6 heteroatoms. The van der Waals surface area contributed by atoms with Crippen molar-refractivity contribution in [1.29, 1.82) is 0 Å². The first-order chi connectivity index (χ1) is 13.0. The Kier molecular flexibility index (Phi) is 5.96. The monoisotopic (exact) mass is 373 g/mol. The topological polar surface area (TPSA) is 46.6 Å². The molecule has 2 aromatic rings. The molecule has 1 atom stereocenters. The maximum atomic E-state index is 13.9. The van der Waals surface area contributed by atoms with E-state index in [-0.39, 0.29) is 23.7 Å². The lowest BCUT2D eigenvalue weighted by Crippen LogP contribution is -2.43. The van der Waals surface area contributed by atoms with Gasteiger partial charge in [0, 0.05) is 42.6 Å². The number of hydrogen-bond acceptors (Lipinski definition) is 3. The molecule has 3 rings (SSSR count). The lowest BCUT2D eigenvalue weighted by atomic mass is 9.96. The molecule has 0 radical (unpaired) electrons.